The summed E-state index contributed by atoms with van der Waals surface area (Å²) in [6.07, 6.45) is 5.04. The van der Waals surface area contributed by atoms with Crippen LogP contribution < -0.4 is 0 Å². The van der Waals surface area contributed by atoms with Crippen molar-refractivity contribution < 1.29 is 0 Å². The fourth-order valence-electron chi connectivity index (χ4n) is 1.40. The van der Waals surface area contributed by atoms with Gasteiger partial charge >= 0.3 is 0 Å². The van der Waals surface area contributed by atoms with Crippen LogP contribution in [0.25, 0.3) is 0 Å². The summed E-state index contributed by atoms with van der Waals surface area (Å²) in [5, 5.41) is 12.8. The molecule has 3 nitrogen and oxygen atoms in total. The lowest BCUT2D eigenvalue weighted by Crippen LogP contribution is -2.42. The first kappa shape index (κ1) is 9.08. The standard InChI is InChI=1S/C9H15N3/c1-8-4-5-12(11(2)3)9(6-8)7-10/h4-5,8-9H,6H2,1-3H3. The lowest BCUT2D eigenvalue weighted by molar-refractivity contribution is 0.0418. The molecule has 0 saturated carbocycles. The minimum Gasteiger partial charge on any atom is -0.297 e. The van der Waals surface area contributed by atoms with Gasteiger partial charge in [-0.05, 0) is 12.3 Å². The summed E-state index contributed by atoms with van der Waals surface area (Å²) in [6, 6.07) is 2.30. The molecule has 1 heterocycles. The Kier molecular flexibility index (Phi) is 2.72. The van der Waals surface area contributed by atoms with Gasteiger partial charge in [-0.3, -0.25) is 5.01 Å². The van der Waals surface area contributed by atoms with Gasteiger partial charge in [-0.15, -0.1) is 0 Å². The van der Waals surface area contributed by atoms with E-state index in [1.165, 1.54) is 0 Å². The summed E-state index contributed by atoms with van der Waals surface area (Å²) in [5.74, 6) is 0.519. The van der Waals surface area contributed by atoms with E-state index in [0.717, 1.165) is 6.42 Å². The molecular formula is C9H15N3. The van der Waals surface area contributed by atoms with Crippen molar-refractivity contribution in [3.05, 3.63) is 12.3 Å². The first-order valence-corrected chi connectivity index (χ1v) is 4.18. The Morgan fingerprint density at radius 3 is 2.75 bits per heavy atom. The molecule has 0 aromatic rings. The van der Waals surface area contributed by atoms with Crippen molar-refractivity contribution >= 4 is 0 Å². The third kappa shape index (κ3) is 1.77. The van der Waals surface area contributed by atoms with Gasteiger partial charge in [0, 0.05) is 20.3 Å². The maximum absolute atomic E-state index is 8.88. The summed E-state index contributed by atoms with van der Waals surface area (Å²) < 4.78 is 0. The summed E-state index contributed by atoms with van der Waals surface area (Å²) >= 11 is 0. The largest absolute Gasteiger partial charge is 0.297 e. The van der Waals surface area contributed by atoms with Gasteiger partial charge in [0.2, 0.25) is 0 Å². The Hall–Kier alpha value is -1.01. The average Bonchev–Trinajstić information content (AvgIpc) is 2.03. The van der Waals surface area contributed by atoms with E-state index in [-0.39, 0.29) is 6.04 Å². The second-order valence-electron chi connectivity index (χ2n) is 3.43. The molecule has 0 aromatic heterocycles. The van der Waals surface area contributed by atoms with E-state index in [4.69, 9.17) is 5.26 Å². The lowest BCUT2D eigenvalue weighted by atomic mass is 9.99. The van der Waals surface area contributed by atoms with Gasteiger partial charge in [0.25, 0.3) is 0 Å². The lowest BCUT2D eigenvalue weighted by Gasteiger charge is -2.35. The van der Waals surface area contributed by atoms with Crippen molar-refractivity contribution in [2.45, 2.75) is 19.4 Å². The number of hydrogen-bond donors (Lipinski definition) is 0. The molecule has 2 unspecified atom stereocenters. The van der Waals surface area contributed by atoms with Crippen LogP contribution in [0.5, 0.6) is 0 Å². The van der Waals surface area contributed by atoms with Gasteiger partial charge < -0.3 is 0 Å². The first-order valence-electron chi connectivity index (χ1n) is 4.18. The summed E-state index contributed by atoms with van der Waals surface area (Å²) in [7, 11) is 3.90. The van der Waals surface area contributed by atoms with Crippen LogP contribution in [0, 0.1) is 17.2 Å². The second-order valence-corrected chi connectivity index (χ2v) is 3.43. The van der Waals surface area contributed by atoms with Crippen molar-refractivity contribution in [1.82, 2.24) is 10.0 Å². The topological polar surface area (TPSA) is 30.3 Å². The maximum Gasteiger partial charge on any atom is 0.132 e. The number of hydrazine groups is 1. The van der Waals surface area contributed by atoms with Crippen LogP contribution >= 0.6 is 0 Å². The molecule has 0 aromatic carbocycles. The third-order valence-electron chi connectivity index (χ3n) is 2.09. The molecule has 0 saturated heterocycles. The molecule has 3 heteroatoms. The molecular weight excluding hydrogens is 150 g/mol. The van der Waals surface area contributed by atoms with Crippen LogP contribution in [0.4, 0.5) is 0 Å². The number of nitriles is 1. The minimum atomic E-state index is -0.000000000000000444. The van der Waals surface area contributed by atoms with Crippen LogP contribution in [0.3, 0.4) is 0 Å². The van der Waals surface area contributed by atoms with E-state index in [1.807, 2.05) is 30.3 Å². The predicted molar refractivity (Wildman–Crippen MR) is 47.8 cm³/mol. The first-order chi connectivity index (χ1) is 5.65. The van der Waals surface area contributed by atoms with E-state index in [2.05, 4.69) is 19.1 Å². The van der Waals surface area contributed by atoms with Crippen LogP contribution in [-0.4, -0.2) is 30.2 Å². The molecule has 1 rings (SSSR count). The summed E-state index contributed by atoms with van der Waals surface area (Å²) in [4.78, 5) is 0. The molecule has 66 valence electrons. The zero-order valence-corrected chi connectivity index (χ0v) is 7.86. The van der Waals surface area contributed by atoms with E-state index in [1.54, 1.807) is 0 Å². The van der Waals surface area contributed by atoms with Gasteiger partial charge in [-0.2, -0.15) is 5.26 Å². The molecule has 0 radical (unpaired) electrons. The van der Waals surface area contributed by atoms with Crippen molar-refractivity contribution in [1.29, 1.82) is 5.26 Å². The SMILES string of the molecule is CC1C=CN(N(C)C)C(C#N)C1. The fourth-order valence-corrected chi connectivity index (χ4v) is 1.40. The summed E-state index contributed by atoms with van der Waals surface area (Å²) in [6.45, 7) is 2.13. The second kappa shape index (κ2) is 3.59. The van der Waals surface area contributed by atoms with E-state index >= 15 is 0 Å². The highest BCUT2D eigenvalue weighted by Crippen LogP contribution is 2.19. The number of nitrogens with zero attached hydrogens (tertiary/aromatic N) is 3. The zero-order valence-electron chi connectivity index (χ0n) is 7.86. The number of allylic oxidation sites excluding steroid dienone is 1. The third-order valence-corrected chi connectivity index (χ3v) is 2.09. The van der Waals surface area contributed by atoms with Crippen LogP contribution in [0.1, 0.15) is 13.3 Å². The van der Waals surface area contributed by atoms with Gasteiger partial charge in [0.05, 0.1) is 6.07 Å². The van der Waals surface area contributed by atoms with Crippen LogP contribution in [-0.2, 0) is 0 Å². The number of rotatable bonds is 1. The molecule has 1 aliphatic rings. The Morgan fingerprint density at radius 1 is 1.58 bits per heavy atom. The van der Waals surface area contributed by atoms with Gasteiger partial charge in [-0.1, -0.05) is 13.0 Å². The molecule has 0 bridgehead atoms. The highest BCUT2D eigenvalue weighted by Gasteiger charge is 2.22. The minimum absolute atomic E-state index is 0.000000000000000444. The van der Waals surface area contributed by atoms with Crippen LogP contribution in [0.2, 0.25) is 0 Å². The van der Waals surface area contributed by atoms with Gasteiger partial charge in [-0.25, -0.2) is 5.01 Å². The molecule has 0 amide bonds. The van der Waals surface area contributed by atoms with E-state index < -0.39 is 0 Å². The monoisotopic (exact) mass is 165 g/mol. The fraction of sp³-hybridized carbons (Fsp3) is 0.667. The van der Waals surface area contributed by atoms with E-state index in [9.17, 15) is 0 Å². The Labute approximate surface area is 73.8 Å². The molecule has 12 heavy (non-hydrogen) atoms. The van der Waals surface area contributed by atoms with E-state index in [0.29, 0.717) is 5.92 Å². The Balaban J connectivity index is 2.73. The summed E-state index contributed by atoms with van der Waals surface area (Å²) in [5.41, 5.74) is 0. The molecule has 0 aliphatic carbocycles. The highest BCUT2D eigenvalue weighted by molar-refractivity contribution is 5.03. The van der Waals surface area contributed by atoms with Gasteiger partial charge in [0.15, 0.2) is 0 Å². The quantitative estimate of drug-likeness (QED) is 0.585. The van der Waals surface area contributed by atoms with Gasteiger partial charge in [0.1, 0.15) is 6.04 Å². The number of hydrogen-bond acceptors (Lipinski definition) is 3. The zero-order chi connectivity index (χ0) is 9.14. The Morgan fingerprint density at radius 2 is 2.25 bits per heavy atom. The molecule has 0 fully saturated rings. The normalized spacial score (nSPS) is 29.1. The highest BCUT2D eigenvalue weighted by atomic mass is 15.6. The maximum atomic E-state index is 8.88. The van der Waals surface area contributed by atoms with Crippen molar-refractivity contribution in [3.63, 3.8) is 0 Å². The smallest absolute Gasteiger partial charge is 0.132 e. The average molecular weight is 165 g/mol. The molecule has 0 N–H and O–H groups in total. The molecule has 1 aliphatic heterocycles. The molecule has 2 atom stereocenters. The predicted octanol–water partition coefficient (Wildman–Crippen LogP) is 1.21. The Bertz CT molecular complexity index is 214. The van der Waals surface area contributed by atoms with Crippen molar-refractivity contribution in [3.8, 4) is 6.07 Å². The molecule has 0 spiro atoms. The van der Waals surface area contributed by atoms with Crippen LogP contribution in [0.15, 0.2) is 12.3 Å². The van der Waals surface area contributed by atoms with Crippen molar-refractivity contribution in [2.75, 3.05) is 14.1 Å². The van der Waals surface area contributed by atoms with Crippen molar-refractivity contribution in [2.24, 2.45) is 5.92 Å².